The van der Waals surface area contributed by atoms with Crippen LogP contribution in [0.25, 0.3) is 10.2 Å². The summed E-state index contributed by atoms with van der Waals surface area (Å²) in [6, 6.07) is 7.99. The van der Waals surface area contributed by atoms with E-state index in [1.165, 1.54) is 0 Å². The highest BCUT2D eigenvalue weighted by Crippen LogP contribution is 2.23. The van der Waals surface area contributed by atoms with Crippen molar-refractivity contribution in [1.82, 2.24) is 9.88 Å². The lowest BCUT2D eigenvalue weighted by Gasteiger charge is -2.33. The van der Waals surface area contributed by atoms with Crippen molar-refractivity contribution in [3.8, 4) is 0 Å². The van der Waals surface area contributed by atoms with Gasteiger partial charge in [0.25, 0.3) is 0 Å². The molecule has 0 saturated carbocycles. The fraction of sp³-hybridized carbons (Fsp3) is 0.467. The maximum atomic E-state index is 12.1. The molecule has 1 heterocycles. The predicted octanol–water partition coefficient (Wildman–Crippen LogP) is 2.46. The van der Waals surface area contributed by atoms with Crippen molar-refractivity contribution in [2.75, 3.05) is 13.7 Å². The van der Waals surface area contributed by atoms with Gasteiger partial charge in [0.15, 0.2) is 0 Å². The van der Waals surface area contributed by atoms with E-state index in [1.807, 2.05) is 38.1 Å². The summed E-state index contributed by atoms with van der Waals surface area (Å²) in [5, 5.41) is 10.3. The second-order valence-corrected chi connectivity index (χ2v) is 6.61. The summed E-state index contributed by atoms with van der Waals surface area (Å²) in [6.45, 7) is 3.65. The van der Waals surface area contributed by atoms with Crippen molar-refractivity contribution in [3.05, 3.63) is 29.3 Å². The first kappa shape index (κ1) is 14.9. The molecule has 1 aromatic carbocycles. The van der Waals surface area contributed by atoms with Crippen molar-refractivity contribution in [3.63, 3.8) is 0 Å². The van der Waals surface area contributed by atoms with Crippen molar-refractivity contribution in [2.24, 2.45) is 0 Å². The van der Waals surface area contributed by atoms with Crippen LogP contribution >= 0.6 is 11.3 Å². The number of thiazole rings is 1. The van der Waals surface area contributed by atoms with Crippen molar-refractivity contribution in [1.29, 1.82) is 0 Å². The minimum Gasteiger partial charge on any atom is -0.394 e. The molecule has 0 aliphatic heterocycles. The Morgan fingerprint density at radius 1 is 1.40 bits per heavy atom. The Balaban J connectivity index is 1.99. The molecule has 0 unspecified atom stereocenters. The van der Waals surface area contributed by atoms with E-state index in [4.69, 9.17) is 0 Å². The number of likely N-dealkylation sites (N-methyl/N-ethyl adjacent to an activating group) is 1. The highest BCUT2D eigenvalue weighted by Gasteiger charge is 2.26. The van der Waals surface area contributed by atoms with Crippen LogP contribution in [-0.2, 0) is 11.2 Å². The van der Waals surface area contributed by atoms with Crippen molar-refractivity contribution < 1.29 is 9.90 Å². The summed E-state index contributed by atoms with van der Waals surface area (Å²) in [5.41, 5.74) is 0.467. The summed E-state index contributed by atoms with van der Waals surface area (Å²) in [4.78, 5) is 18.3. The first-order valence-corrected chi connectivity index (χ1v) is 7.47. The number of aliphatic hydroxyl groups is 1. The fourth-order valence-electron chi connectivity index (χ4n) is 1.85. The molecule has 0 atom stereocenters. The lowest BCUT2D eigenvalue weighted by atomic mass is 10.0. The Morgan fingerprint density at radius 2 is 2.10 bits per heavy atom. The van der Waals surface area contributed by atoms with E-state index in [0.717, 1.165) is 15.2 Å². The van der Waals surface area contributed by atoms with E-state index in [0.29, 0.717) is 12.8 Å². The number of nitrogens with zero attached hydrogens (tertiary/aromatic N) is 2. The molecule has 0 fully saturated rings. The summed E-state index contributed by atoms with van der Waals surface area (Å²) in [7, 11) is 1.73. The number of aryl methyl sites for hydroxylation is 1. The molecule has 2 rings (SSSR count). The Kier molecular flexibility index (Phi) is 4.40. The van der Waals surface area contributed by atoms with E-state index in [2.05, 4.69) is 4.98 Å². The van der Waals surface area contributed by atoms with Gasteiger partial charge in [-0.25, -0.2) is 4.98 Å². The maximum absolute atomic E-state index is 12.1. The van der Waals surface area contributed by atoms with Crippen LogP contribution in [0.2, 0.25) is 0 Å². The Morgan fingerprint density at radius 3 is 2.75 bits per heavy atom. The number of fused-ring (bicyclic) bond motifs is 1. The monoisotopic (exact) mass is 292 g/mol. The van der Waals surface area contributed by atoms with Gasteiger partial charge in [0, 0.05) is 19.9 Å². The molecule has 2 aromatic rings. The van der Waals surface area contributed by atoms with Gasteiger partial charge in [-0.1, -0.05) is 12.1 Å². The van der Waals surface area contributed by atoms with Gasteiger partial charge in [-0.2, -0.15) is 0 Å². The molecule has 0 radical (unpaired) electrons. The summed E-state index contributed by atoms with van der Waals surface area (Å²) in [6.07, 6.45) is 1.06. The minimum atomic E-state index is -0.523. The predicted molar refractivity (Wildman–Crippen MR) is 81.9 cm³/mol. The molecule has 0 aliphatic rings. The molecule has 4 nitrogen and oxygen atoms in total. The number of aromatic nitrogens is 1. The highest BCUT2D eigenvalue weighted by atomic mass is 32.1. The van der Waals surface area contributed by atoms with Gasteiger partial charge in [0.2, 0.25) is 5.91 Å². The molecular weight excluding hydrogens is 272 g/mol. The largest absolute Gasteiger partial charge is 0.394 e. The number of rotatable bonds is 5. The lowest BCUT2D eigenvalue weighted by molar-refractivity contribution is -0.135. The number of hydrogen-bond acceptors (Lipinski definition) is 4. The van der Waals surface area contributed by atoms with Crippen LogP contribution in [-0.4, -0.2) is 40.1 Å². The van der Waals surface area contributed by atoms with Crippen LogP contribution in [0.4, 0.5) is 0 Å². The molecular formula is C15H20N2O2S. The van der Waals surface area contributed by atoms with Crippen molar-refractivity contribution in [2.45, 2.75) is 32.2 Å². The molecule has 1 amide bonds. The number of para-hydroxylation sites is 1. The first-order valence-electron chi connectivity index (χ1n) is 6.66. The zero-order chi connectivity index (χ0) is 14.8. The van der Waals surface area contributed by atoms with Gasteiger partial charge in [0.05, 0.1) is 27.4 Å². The maximum Gasteiger partial charge on any atom is 0.223 e. The fourth-order valence-corrected chi connectivity index (χ4v) is 2.82. The van der Waals surface area contributed by atoms with Crippen LogP contribution < -0.4 is 0 Å². The van der Waals surface area contributed by atoms with Crippen molar-refractivity contribution >= 4 is 27.5 Å². The van der Waals surface area contributed by atoms with Crippen LogP contribution in [0.15, 0.2) is 24.3 Å². The number of amides is 1. The number of benzene rings is 1. The second kappa shape index (κ2) is 5.89. The van der Waals surface area contributed by atoms with E-state index < -0.39 is 5.54 Å². The van der Waals surface area contributed by atoms with E-state index in [-0.39, 0.29) is 12.5 Å². The molecule has 20 heavy (non-hydrogen) atoms. The SMILES string of the molecule is CN(C(=O)CCc1nc2ccccc2s1)C(C)(C)CO. The normalized spacial score (nSPS) is 11.8. The average molecular weight is 292 g/mol. The van der Waals surface area contributed by atoms with Crippen LogP contribution in [0, 0.1) is 0 Å². The van der Waals surface area contributed by atoms with Gasteiger partial charge in [0.1, 0.15) is 0 Å². The minimum absolute atomic E-state index is 0.0308. The summed E-state index contributed by atoms with van der Waals surface area (Å²) in [5.74, 6) is 0.0308. The van der Waals surface area contributed by atoms with Gasteiger partial charge >= 0.3 is 0 Å². The molecule has 0 bridgehead atoms. The zero-order valence-electron chi connectivity index (χ0n) is 12.1. The second-order valence-electron chi connectivity index (χ2n) is 5.50. The molecule has 0 spiro atoms. The Bertz CT molecular complexity index is 574. The Hall–Kier alpha value is -1.46. The van der Waals surface area contributed by atoms with Gasteiger partial charge < -0.3 is 10.0 Å². The molecule has 1 N–H and O–H groups in total. The number of carbonyl (C=O) groups excluding carboxylic acids is 1. The molecule has 5 heteroatoms. The third-order valence-corrected chi connectivity index (χ3v) is 4.66. The lowest BCUT2D eigenvalue weighted by Crippen LogP contribution is -2.47. The molecule has 0 saturated heterocycles. The van der Waals surface area contributed by atoms with Gasteiger partial charge in [-0.05, 0) is 26.0 Å². The number of hydrogen-bond donors (Lipinski definition) is 1. The summed E-state index contributed by atoms with van der Waals surface area (Å²) < 4.78 is 1.15. The van der Waals surface area contributed by atoms with Crippen LogP contribution in [0.3, 0.4) is 0 Å². The van der Waals surface area contributed by atoms with Gasteiger partial charge in [-0.15, -0.1) is 11.3 Å². The smallest absolute Gasteiger partial charge is 0.223 e. The third kappa shape index (κ3) is 3.16. The molecule has 1 aromatic heterocycles. The van der Waals surface area contributed by atoms with E-state index in [9.17, 15) is 9.90 Å². The van der Waals surface area contributed by atoms with Crippen LogP contribution in [0.5, 0.6) is 0 Å². The zero-order valence-corrected chi connectivity index (χ0v) is 12.9. The Labute approximate surface area is 123 Å². The number of carbonyl (C=O) groups is 1. The van der Waals surface area contributed by atoms with E-state index >= 15 is 0 Å². The van der Waals surface area contributed by atoms with Gasteiger partial charge in [-0.3, -0.25) is 4.79 Å². The van der Waals surface area contributed by atoms with E-state index in [1.54, 1.807) is 23.3 Å². The van der Waals surface area contributed by atoms with Crippen LogP contribution in [0.1, 0.15) is 25.3 Å². The first-order chi connectivity index (χ1) is 9.44. The molecule has 108 valence electrons. The topological polar surface area (TPSA) is 53.4 Å². The average Bonchev–Trinajstić information content (AvgIpc) is 2.86. The number of aliphatic hydroxyl groups excluding tert-OH is 1. The third-order valence-electron chi connectivity index (χ3n) is 3.56. The quantitative estimate of drug-likeness (QED) is 0.921. The molecule has 0 aliphatic carbocycles. The standard InChI is InChI=1S/C15H20N2O2S/c1-15(2,10-18)17(3)14(19)9-8-13-16-11-6-4-5-7-12(11)20-13/h4-7,18H,8-10H2,1-3H3. The summed E-state index contributed by atoms with van der Waals surface area (Å²) >= 11 is 1.63. The highest BCUT2D eigenvalue weighted by molar-refractivity contribution is 7.18.